The molecule has 0 aliphatic heterocycles. The van der Waals surface area contributed by atoms with Crippen LogP contribution in [0.15, 0.2) is 0 Å². The molecule has 0 spiro atoms. The van der Waals surface area contributed by atoms with Gasteiger partial charge < -0.3 is 5.11 Å². The molecule has 0 atom stereocenters. The van der Waals surface area contributed by atoms with E-state index in [4.69, 9.17) is 5.11 Å². The van der Waals surface area contributed by atoms with Crippen LogP contribution in [0.3, 0.4) is 0 Å². The van der Waals surface area contributed by atoms with Crippen LogP contribution in [0.1, 0.15) is 44.9 Å². The molecule has 0 amide bonds. The Morgan fingerprint density at radius 2 is 1.58 bits per heavy atom. The van der Waals surface area contributed by atoms with Gasteiger partial charge in [-0.2, -0.15) is 11.8 Å². The maximum Gasteiger partial charge on any atom is 0.304 e. The molecule has 4 saturated carbocycles. The zero-order valence-electron chi connectivity index (χ0n) is 11.3. The lowest BCUT2D eigenvalue weighted by atomic mass is 9.48. The Morgan fingerprint density at radius 1 is 1.05 bits per heavy atom. The van der Waals surface area contributed by atoms with Gasteiger partial charge in [0.15, 0.2) is 0 Å². The third kappa shape index (κ3) is 2.69. The van der Waals surface area contributed by atoms with Crippen LogP contribution >= 0.6 is 11.8 Å². The SMILES string of the molecule is O=C(O)CCSCC(=O)C12CC3CC(CC(C3)C1)C2. The van der Waals surface area contributed by atoms with E-state index in [0.29, 0.717) is 17.3 Å². The fraction of sp³-hybridized carbons (Fsp3) is 0.867. The first kappa shape index (κ1) is 13.5. The van der Waals surface area contributed by atoms with Gasteiger partial charge in [0.2, 0.25) is 0 Å². The molecule has 4 aliphatic carbocycles. The predicted octanol–water partition coefficient (Wildman–Crippen LogP) is 2.98. The molecule has 19 heavy (non-hydrogen) atoms. The number of hydrogen-bond acceptors (Lipinski definition) is 3. The topological polar surface area (TPSA) is 54.4 Å². The lowest BCUT2D eigenvalue weighted by Gasteiger charge is -2.56. The molecular formula is C15H22O3S. The lowest BCUT2D eigenvalue weighted by molar-refractivity contribution is -0.141. The Bertz CT molecular complexity index is 356. The smallest absolute Gasteiger partial charge is 0.304 e. The summed E-state index contributed by atoms with van der Waals surface area (Å²) >= 11 is 1.51. The number of Topliss-reactive ketones (excluding diaryl/α,β-unsaturated/α-hetero) is 1. The van der Waals surface area contributed by atoms with Crippen LogP contribution in [0.2, 0.25) is 0 Å². The average molecular weight is 282 g/mol. The second kappa shape index (κ2) is 5.12. The van der Waals surface area contributed by atoms with Crippen molar-refractivity contribution in [3.63, 3.8) is 0 Å². The summed E-state index contributed by atoms with van der Waals surface area (Å²) in [6, 6.07) is 0. The molecule has 4 bridgehead atoms. The zero-order valence-corrected chi connectivity index (χ0v) is 12.1. The van der Waals surface area contributed by atoms with Crippen LogP contribution in [0.4, 0.5) is 0 Å². The van der Waals surface area contributed by atoms with Crippen molar-refractivity contribution >= 4 is 23.5 Å². The molecule has 0 saturated heterocycles. The van der Waals surface area contributed by atoms with Crippen LogP contribution in [-0.4, -0.2) is 28.4 Å². The maximum absolute atomic E-state index is 12.6. The molecule has 0 radical (unpaired) electrons. The number of carboxylic acid groups (broad SMARTS) is 1. The number of ketones is 1. The van der Waals surface area contributed by atoms with Gasteiger partial charge in [-0.05, 0) is 56.3 Å². The second-order valence-electron chi connectivity index (χ2n) is 6.82. The number of thioether (sulfide) groups is 1. The van der Waals surface area contributed by atoms with Crippen molar-refractivity contribution in [3.8, 4) is 0 Å². The Morgan fingerprint density at radius 3 is 2.05 bits per heavy atom. The van der Waals surface area contributed by atoms with Crippen molar-refractivity contribution in [2.75, 3.05) is 11.5 Å². The highest BCUT2D eigenvalue weighted by atomic mass is 32.2. The summed E-state index contributed by atoms with van der Waals surface area (Å²) in [5.41, 5.74) is -0.00895. The molecule has 1 N–H and O–H groups in total. The third-order valence-corrected chi connectivity index (χ3v) is 6.28. The van der Waals surface area contributed by atoms with E-state index in [1.807, 2.05) is 0 Å². The first-order valence-corrected chi connectivity index (χ1v) is 8.56. The molecule has 4 aliphatic rings. The molecule has 3 nitrogen and oxygen atoms in total. The van der Waals surface area contributed by atoms with Gasteiger partial charge in [0.1, 0.15) is 5.78 Å². The van der Waals surface area contributed by atoms with Gasteiger partial charge in [0.25, 0.3) is 0 Å². The highest BCUT2D eigenvalue weighted by Crippen LogP contribution is 2.60. The summed E-state index contributed by atoms with van der Waals surface area (Å²) in [6.45, 7) is 0. The van der Waals surface area contributed by atoms with E-state index < -0.39 is 5.97 Å². The largest absolute Gasteiger partial charge is 0.481 e. The molecular weight excluding hydrogens is 260 g/mol. The van der Waals surface area contributed by atoms with Crippen LogP contribution < -0.4 is 0 Å². The lowest BCUT2D eigenvalue weighted by Crippen LogP contribution is -2.50. The van der Waals surface area contributed by atoms with E-state index in [-0.39, 0.29) is 11.8 Å². The highest BCUT2D eigenvalue weighted by molar-refractivity contribution is 7.99. The van der Waals surface area contributed by atoms with E-state index in [9.17, 15) is 9.59 Å². The molecule has 0 heterocycles. The summed E-state index contributed by atoms with van der Waals surface area (Å²) in [4.78, 5) is 23.0. The number of carbonyl (C=O) groups is 2. The fourth-order valence-electron chi connectivity index (χ4n) is 4.93. The van der Waals surface area contributed by atoms with Gasteiger partial charge in [-0.15, -0.1) is 0 Å². The van der Waals surface area contributed by atoms with Gasteiger partial charge in [0.05, 0.1) is 12.2 Å². The molecule has 4 heteroatoms. The summed E-state index contributed by atoms with van der Waals surface area (Å²) in [5, 5.41) is 8.61. The predicted molar refractivity (Wildman–Crippen MR) is 75.2 cm³/mol. The zero-order chi connectivity index (χ0) is 13.5. The van der Waals surface area contributed by atoms with Crippen LogP contribution in [-0.2, 0) is 9.59 Å². The quantitative estimate of drug-likeness (QED) is 0.761. The van der Waals surface area contributed by atoms with Crippen molar-refractivity contribution in [3.05, 3.63) is 0 Å². The number of rotatable bonds is 6. The molecule has 0 aromatic carbocycles. The molecule has 0 unspecified atom stereocenters. The van der Waals surface area contributed by atoms with Gasteiger partial charge >= 0.3 is 5.97 Å². The maximum atomic E-state index is 12.6. The number of hydrogen-bond donors (Lipinski definition) is 1. The standard InChI is InChI=1S/C15H22O3S/c16-13(9-19-2-1-14(17)18)15-6-10-3-11(7-15)5-12(4-10)8-15/h10-12H,1-9H2,(H,17,18). The molecule has 4 rings (SSSR count). The van der Waals surface area contributed by atoms with Crippen LogP contribution in [0.5, 0.6) is 0 Å². The summed E-state index contributed by atoms with van der Waals surface area (Å²) < 4.78 is 0. The van der Waals surface area contributed by atoms with E-state index in [0.717, 1.165) is 37.0 Å². The Labute approximate surface area is 118 Å². The van der Waals surface area contributed by atoms with Gasteiger partial charge in [-0.25, -0.2) is 0 Å². The van der Waals surface area contributed by atoms with E-state index in [2.05, 4.69) is 0 Å². The minimum atomic E-state index is -0.769. The molecule has 0 aromatic rings. The first-order valence-electron chi connectivity index (χ1n) is 7.40. The Hall–Kier alpha value is -0.510. The number of aliphatic carboxylic acids is 1. The van der Waals surface area contributed by atoms with Crippen molar-refractivity contribution in [2.45, 2.75) is 44.9 Å². The van der Waals surface area contributed by atoms with E-state index in [1.54, 1.807) is 0 Å². The van der Waals surface area contributed by atoms with Crippen molar-refractivity contribution < 1.29 is 14.7 Å². The second-order valence-corrected chi connectivity index (χ2v) is 7.92. The molecule has 106 valence electrons. The van der Waals surface area contributed by atoms with E-state index >= 15 is 0 Å². The van der Waals surface area contributed by atoms with Crippen molar-refractivity contribution in [1.29, 1.82) is 0 Å². The first-order chi connectivity index (χ1) is 9.07. The average Bonchev–Trinajstić information content (AvgIpc) is 2.32. The molecule has 4 fully saturated rings. The van der Waals surface area contributed by atoms with E-state index in [1.165, 1.54) is 31.0 Å². The Balaban J connectivity index is 1.56. The normalized spacial score (nSPS) is 39.5. The van der Waals surface area contributed by atoms with Crippen molar-refractivity contribution in [1.82, 2.24) is 0 Å². The van der Waals surface area contributed by atoms with Crippen LogP contribution in [0, 0.1) is 23.2 Å². The molecule has 0 aromatic heterocycles. The minimum Gasteiger partial charge on any atom is -0.481 e. The number of carbonyl (C=O) groups excluding carboxylic acids is 1. The van der Waals surface area contributed by atoms with Crippen molar-refractivity contribution in [2.24, 2.45) is 23.2 Å². The third-order valence-electron chi connectivity index (χ3n) is 5.32. The fourth-order valence-corrected chi connectivity index (χ4v) is 5.88. The van der Waals surface area contributed by atoms with Crippen LogP contribution in [0.25, 0.3) is 0 Å². The summed E-state index contributed by atoms with van der Waals surface area (Å²) in [6.07, 6.45) is 7.61. The van der Waals surface area contributed by atoms with Gasteiger partial charge in [-0.1, -0.05) is 0 Å². The summed E-state index contributed by atoms with van der Waals surface area (Å²) in [5.74, 6) is 3.15. The van der Waals surface area contributed by atoms with Gasteiger partial charge in [0, 0.05) is 11.2 Å². The monoisotopic (exact) mass is 282 g/mol. The highest BCUT2D eigenvalue weighted by Gasteiger charge is 2.53. The Kier molecular flexibility index (Phi) is 3.63. The minimum absolute atomic E-state index is 0.00895. The summed E-state index contributed by atoms with van der Waals surface area (Å²) in [7, 11) is 0. The number of carboxylic acids is 1. The van der Waals surface area contributed by atoms with Gasteiger partial charge in [-0.3, -0.25) is 9.59 Å².